The van der Waals surface area contributed by atoms with Gasteiger partial charge in [0.05, 0.1) is 10.6 Å². The van der Waals surface area contributed by atoms with Crippen molar-refractivity contribution in [3.8, 4) is 0 Å². The fourth-order valence-corrected chi connectivity index (χ4v) is 1.15. The first-order chi connectivity index (χ1) is 6.65. The Morgan fingerprint density at radius 3 is 2.79 bits per heavy atom. The van der Waals surface area contributed by atoms with E-state index in [1.807, 2.05) is 0 Å². The van der Waals surface area contributed by atoms with E-state index in [-0.39, 0.29) is 12.1 Å². The molecule has 0 bridgehead atoms. The minimum Gasteiger partial charge on any atom is -0.411 e. The molecule has 0 atom stereocenters. The highest BCUT2D eigenvalue weighted by Crippen LogP contribution is 2.18. The third-order valence-electron chi connectivity index (χ3n) is 1.81. The molecule has 0 fully saturated rings. The molecule has 0 aliphatic heterocycles. The summed E-state index contributed by atoms with van der Waals surface area (Å²) in [5.41, 5.74) is 1.04. The number of nitro benzene ring substituents is 1. The Balaban J connectivity index is 3.02. The molecule has 0 aromatic heterocycles. The van der Waals surface area contributed by atoms with Crippen LogP contribution in [0.3, 0.4) is 0 Å². The summed E-state index contributed by atoms with van der Waals surface area (Å²) in [6.45, 7) is 1.61. The van der Waals surface area contributed by atoms with Crippen molar-refractivity contribution in [2.45, 2.75) is 13.3 Å². The number of nitro groups is 1. The smallest absolute Gasteiger partial charge is 0.272 e. The van der Waals surface area contributed by atoms with E-state index >= 15 is 0 Å². The molecule has 0 unspecified atom stereocenters. The number of nitrogens with zero attached hydrogens (tertiary/aromatic N) is 2. The lowest BCUT2D eigenvalue weighted by Crippen LogP contribution is -2.01. The summed E-state index contributed by atoms with van der Waals surface area (Å²) in [4.78, 5) is 10.2. The topological polar surface area (TPSA) is 75.7 Å². The van der Waals surface area contributed by atoms with Gasteiger partial charge in [0, 0.05) is 18.1 Å². The predicted molar refractivity (Wildman–Crippen MR) is 51.7 cm³/mol. The first kappa shape index (κ1) is 10.2. The number of oxime groups is 1. The molecule has 1 aromatic carbocycles. The maximum atomic E-state index is 10.6. The van der Waals surface area contributed by atoms with E-state index < -0.39 is 4.92 Å². The second-order valence-electron chi connectivity index (χ2n) is 2.90. The summed E-state index contributed by atoms with van der Waals surface area (Å²) in [7, 11) is 0. The van der Waals surface area contributed by atoms with Gasteiger partial charge in [0.2, 0.25) is 0 Å². The average Bonchev–Trinajstić information content (AvgIpc) is 2.18. The van der Waals surface area contributed by atoms with Gasteiger partial charge in [-0.3, -0.25) is 10.1 Å². The van der Waals surface area contributed by atoms with Crippen molar-refractivity contribution < 1.29 is 10.1 Å². The summed E-state index contributed by atoms with van der Waals surface area (Å²) in [5, 5.41) is 22.0. The predicted octanol–water partition coefficient (Wildman–Crippen LogP) is 1.99. The molecule has 0 radical (unpaired) electrons. The highest BCUT2D eigenvalue weighted by atomic mass is 16.6. The van der Waals surface area contributed by atoms with Crippen molar-refractivity contribution in [3.63, 3.8) is 0 Å². The average molecular weight is 194 g/mol. The lowest BCUT2D eigenvalue weighted by Gasteiger charge is -2.00. The van der Waals surface area contributed by atoms with Gasteiger partial charge >= 0.3 is 0 Å². The summed E-state index contributed by atoms with van der Waals surface area (Å²) < 4.78 is 0. The molecule has 0 saturated heterocycles. The van der Waals surface area contributed by atoms with Crippen LogP contribution in [0, 0.1) is 10.1 Å². The number of hydrogen-bond acceptors (Lipinski definition) is 4. The van der Waals surface area contributed by atoms with Crippen molar-refractivity contribution >= 4 is 11.4 Å². The fourth-order valence-electron chi connectivity index (χ4n) is 1.15. The van der Waals surface area contributed by atoms with Crippen molar-refractivity contribution in [3.05, 3.63) is 39.9 Å². The third kappa shape index (κ3) is 2.29. The van der Waals surface area contributed by atoms with E-state index in [2.05, 4.69) is 5.16 Å². The van der Waals surface area contributed by atoms with Crippen LogP contribution < -0.4 is 0 Å². The first-order valence-electron chi connectivity index (χ1n) is 4.05. The zero-order chi connectivity index (χ0) is 10.6. The van der Waals surface area contributed by atoms with Gasteiger partial charge in [0.15, 0.2) is 0 Å². The van der Waals surface area contributed by atoms with Crippen LogP contribution in [0.25, 0.3) is 0 Å². The van der Waals surface area contributed by atoms with Gasteiger partial charge in [-0.2, -0.15) is 0 Å². The van der Waals surface area contributed by atoms with E-state index in [0.717, 1.165) is 0 Å². The number of para-hydroxylation sites is 1. The lowest BCUT2D eigenvalue weighted by atomic mass is 10.1. The first-order valence-corrected chi connectivity index (χ1v) is 4.05. The zero-order valence-electron chi connectivity index (χ0n) is 7.67. The summed E-state index contributed by atoms with van der Waals surface area (Å²) in [5.74, 6) is 0. The second kappa shape index (κ2) is 4.36. The molecule has 0 spiro atoms. The van der Waals surface area contributed by atoms with Crippen LogP contribution in [0.5, 0.6) is 0 Å². The Kier molecular flexibility index (Phi) is 3.17. The maximum Gasteiger partial charge on any atom is 0.272 e. The molecule has 14 heavy (non-hydrogen) atoms. The van der Waals surface area contributed by atoms with Gasteiger partial charge in [0.25, 0.3) is 5.69 Å². The van der Waals surface area contributed by atoms with Crippen molar-refractivity contribution in [2.24, 2.45) is 5.16 Å². The maximum absolute atomic E-state index is 10.6. The highest BCUT2D eigenvalue weighted by Gasteiger charge is 2.12. The molecule has 1 rings (SSSR count). The Labute approximate surface area is 80.8 Å². The highest BCUT2D eigenvalue weighted by molar-refractivity contribution is 5.84. The van der Waals surface area contributed by atoms with Gasteiger partial charge in [-0.25, -0.2) is 0 Å². The molecule has 74 valence electrons. The molecule has 1 N–H and O–H groups in total. The standard InChI is InChI=1S/C9H10N2O3/c1-7(10-12)6-8-4-2-3-5-9(8)11(13)14/h2-5,12H,6H2,1H3/b10-7+. The Morgan fingerprint density at radius 1 is 1.57 bits per heavy atom. The Morgan fingerprint density at radius 2 is 2.21 bits per heavy atom. The molecule has 0 aliphatic carbocycles. The molecule has 5 heteroatoms. The van der Waals surface area contributed by atoms with E-state index in [1.165, 1.54) is 6.07 Å². The molecular formula is C9H10N2O3. The Hall–Kier alpha value is -1.91. The lowest BCUT2D eigenvalue weighted by molar-refractivity contribution is -0.385. The van der Waals surface area contributed by atoms with Crippen molar-refractivity contribution in [1.82, 2.24) is 0 Å². The van der Waals surface area contributed by atoms with E-state index in [9.17, 15) is 10.1 Å². The minimum absolute atomic E-state index is 0.0514. The molecule has 0 aliphatic rings. The number of hydrogen-bond donors (Lipinski definition) is 1. The van der Waals surface area contributed by atoms with Gasteiger partial charge in [-0.05, 0) is 6.92 Å². The van der Waals surface area contributed by atoms with Crippen LogP contribution in [0.15, 0.2) is 29.4 Å². The van der Waals surface area contributed by atoms with Crippen LogP contribution in [0.1, 0.15) is 12.5 Å². The van der Waals surface area contributed by atoms with Gasteiger partial charge in [0.1, 0.15) is 0 Å². The second-order valence-corrected chi connectivity index (χ2v) is 2.90. The monoisotopic (exact) mass is 194 g/mol. The van der Waals surface area contributed by atoms with Crippen molar-refractivity contribution in [1.29, 1.82) is 0 Å². The normalized spacial score (nSPS) is 11.4. The molecule has 0 saturated carbocycles. The van der Waals surface area contributed by atoms with Gasteiger partial charge < -0.3 is 5.21 Å². The summed E-state index contributed by atoms with van der Waals surface area (Å²) in [6, 6.07) is 6.40. The van der Waals surface area contributed by atoms with Crippen molar-refractivity contribution in [2.75, 3.05) is 0 Å². The molecular weight excluding hydrogens is 184 g/mol. The minimum atomic E-state index is -0.444. The summed E-state index contributed by atoms with van der Waals surface area (Å²) in [6.07, 6.45) is 0.285. The van der Waals surface area contributed by atoms with Crippen LogP contribution in [0.2, 0.25) is 0 Å². The van der Waals surface area contributed by atoms with Gasteiger partial charge in [-0.15, -0.1) is 0 Å². The number of rotatable bonds is 3. The van der Waals surface area contributed by atoms with Crippen LogP contribution in [0.4, 0.5) is 5.69 Å². The largest absolute Gasteiger partial charge is 0.411 e. The SMILES string of the molecule is C/C(Cc1ccccc1[N+](=O)[O-])=N\O. The zero-order valence-corrected chi connectivity index (χ0v) is 7.67. The molecule has 5 nitrogen and oxygen atoms in total. The van der Waals surface area contributed by atoms with E-state index in [1.54, 1.807) is 25.1 Å². The quantitative estimate of drug-likeness (QED) is 0.346. The van der Waals surface area contributed by atoms with Crippen LogP contribution in [-0.2, 0) is 6.42 Å². The summed E-state index contributed by atoms with van der Waals surface area (Å²) >= 11 is 0. The fraction of sp³-hybridized carbons (Fsp3) is 0.222. The van der Waals surface area contributed by atoms with Gasteiger partial charge in [-0.1, -0.05) is 23.4 Å². The van der Waals surface area contributed by atoms with E-state index in [4.69, 9.17) is 5.21 Å². The number of benzene rings is 1. The molecule has 1 aromatic rings. The third-order valence-corrected chi connectivity index (χ3v) is 1.81. The Bertz CT molecular complexity index is 374. The van der Waals surface area contributed by atoms with Crippen LogP contribution >= 0.6 is 0 Å². The molecule has 0 amide bonds. The van der Waals surface area contributed by atoms with E-state index in [0.29, 0.717) is 11.3 Å². The van der Waals surface area contributed by atoms with Crippen LogP contribution in [-0.4, -0.2) is 15.8 Å². The molecule has 0 heterocycles.